The van der Waals surface area contributed by atoms with Gasteiger partial charge in [0.15, 0.2) is 5.96 Å². The Hall–Kier alpha value is -3.08. The number of guanidine groups is 1. The minimum Gasteiger partial charge on any atom is -0.369 e. The maximum atomic E-state index is 6.15. The molecule has 0 bridgehead atoms. The highest BCUT2D eigenvalue weighted by Crippen LogP contribution is 2.29. The van der Waals surface area contributed by atoms with E-state index in [0.717, 1.165) is 42.8 Å². The highest BCUT2D eigenvalue weighted by molar-refractivity contribution is 5.80. The second kappa shape index (κ2) is 8.30. The van der Waals surface area contributed by atoms with Gasteiger partial charge in [-0.1, -0.05) is 60.6 Å². The lowest BCUT2D eigenvalue weighted by atomic mass is 9.94. The molecular formula is C23H25N4O. The quantitative estimate of drug-likeness (QED) is 0.530. The van der Waals surface area contributed by atoms with Crippen LogP contribution in [0.5, 0.6) is 0 Å². The first kappa shape index (κ1) is 18.3. The van der Waals surface area contributed by atoms with E-state index in [1.807, 2.05) is 24.3 Å². The lowest BCUT2D eigenvalue weighted by Gasteiger charge is -2.27. The topological polar surface area (TPSA) is 67.7 Å². The molecule has 1 fully saturated rings. The Morgan fingerprint density at radius 2 is 2.00 bits per heavy atom. The highest BCUT2D eigenvalue weighted by atomic mass is 16.5. The zero-order chi connectivity index (χ0) is 19.3. The summed E-state index contributed by atoms with van der Waals surface area (Å²) in [6.45, 7) is 4.03. The maximum Gasteiger partial charge on any atom is 0.253 e. The molecule has 0 aliphatic carbocycles. The number of nitrogens with zero attached hydrogens (tertiary/aromatic N) is 3. The van der Waals surface area contributed by atoms with Gasteiger partial charge < -0.3 is 15.2 Å². The predicted octanol–water partition coefficient (Wildman–Crippen LogP) is 4.73. The number of likely N-dealkylation sites (tertiary alicyclic amines) is 1. The Bertz CT molecular complexity index is 942. The van der Waals surface area contributed by atoms with Gasteiger partial charge in [-0.05, 0) is 42.0 Å². The molecule has 2 aromatic carbocycles. The van der Waals surface area contributed by atoms with Crippen molar-refractivity contribution in [1.82, 2.24) is 10.1 Å². The summed E-state index contributed by atoms with van der Waals surface area (Å²) in [5, 5.41) is 4.23. The molecule has 2 N–H and O–H groups in total. The third-order valence-electron chi connectivity index (χ3n) is 5.27. The fourth-order valence-electron chi connectivity index (χ4n) is 3.56. The van der Waals surface area contributed by atoms with E-state index in [4.69, 9.17) is 10.3 Å². The summed E-state index contributed by atoms with van der Waals surface area (Å²) < 4.78 is 5.43. The van der Waals surface area contributed by atoms with Crippen molar-refractivity contribution in [3.8, 4) is 11.1 Å². The van der Waals surface area contributed by atoms with Gasteiger partial charge in [0.25, 0.3) is 5.88 Å². The van der Waals surface area contributed by atoms with E-state index in [2.05, 4.69) is 58.4 Å². The molecule has 1 radical (unpaired) electrons. The summed E-state index contributed by atoms with van der Waals surface area (Å²) in [7, 11) is 0. The minimum atomic E-state index is 0.0903. The fraction of sp³-hybridized carbons (Fsp3) is 0.304. The molecule has 0 amide bonds. The molecule has 2 heterocycles. The molecule has 1 aliphatic rings. The van der Waals surface area contributed by atoms with Crippen LogP contribution in [0.2, 0.25) is 0 Å². The van der Waals surface area contributed by atoms with Crippen LogP contribution in [0.15, 0.2) is 64.1 Å². The monoisotopic (exact) mass is 373 g/mol. The SMILES string of the molecule is CC(c1cccc(-c2[c]cccc2)c1)c1cc(N=C(N)N2CCCCC2)on1. The van der Waals surface area contributed by atoms with Crippen molar-refractivity contribution in [3.05, 3.63) is 71.9 Å². The van der Waals surface area contributed by atoms with Gasteiger partial charge in [0.05, 0.1) is 5.69 Å². The Balaban J connectivity index is 1.52. The molecule has 5 nitrogen and oxygen atoms in total. The third-order valence-corrected chi connectivity index (χ3v) is 5.27. The summed E-state index contributed by atoms with van der Waals surface area (Å²) >= 11 is 0. The highest BCUT2D eigenvalue weighted by Gasteiger charge is 2.16. The van der Waals surface area contributed by atoms with Crippen LogP contribution in [0.3, 0.4) is 0 Å². The summed E-state index contributed by atoms with van der Waals surface area (Å²) in [5.41, 5.74) is 10.4. The number of hydrogen-bond donors (Lipinski definition) is 1. The van der Waals surface area contributed by atoms with Crippen LogP contribution in [0.25, 0.3) is 11.1 Å². The van der Waals surface area contributed by atoms with E-state index in [0.29, 0.717) is 11.8 Å². The summed E-state index contributed by atoms with van der Waals surface area (Å²) in [6, 6.07) is 21.6. The van der Waals surface area contributed by atoms with Gasteiger partial charge in [-0.2, -0.15) is 4.99 Å². The van der Waals surface area contributed by atoms with Crippen LogP contribution in [0.4, 0.5) is 5.88 Å². The first-order chi connectivity index (χ1) is 13.7. The molecule has 4 rings (SSSR count). The Kier molecular flexibility index (Phi) is 5.42. The zero-order valence-electron chi connectivity index (χ0n) is 16.1. The molecule has 1 saturated heterocycles. The van der Waals surface area contributed by atoms with Gasteiger partial charge in [0.2, 0.25) is 0 Å². The minimum absolute atomic E-state index is 0.0903. The normalized spacial score (nSPS) is 16.2. The van der Waals surface area contributed by atoms with E-state index in [1.54, 1.807) is 0 Å². The Labute approximate surface area is 165 Å². The molecule has 1 aliphatic heterocycles. The number of benzene rings is 2. The smallest absolute Gasteiger partial charge is 0.253 e. The molecule has 1 unspecified atom stereocenters. The third kappa shape index (κ3) is 4.09. The van der Waals surface area contributed by atoms with E-state index >= 15 is 0 Å². The van der Waals surface area contributed by atoms with Gasteiger partial charge in [-0.3, -0.25) is 0 Å². The van der Waals surface area contributed by atoms with Crippen molar-refractivity contribution < 1.29 is 4.52 Å². The van der Waals surface area contributed by atoms with Crippen molar-refractivity contribution in [3.63, 3.8) is 0 Å². The van der Waals surface area contributed by atoms with Crippen LogP contribution < -0.4 is 5.73 Å². The second-order valence-corrected chi connectivity index (χ2v) is 7.23. The molecule has 0 saturated carbocycles. The van der Waals surface area contributed by atoms with Crippen LogP contribution in [-0.4, -0.2) is 29.1 Å². The Morgan fingerprint density at radius 1 is 1.14 bits per heavy atom. The molecule has 0 spiro atoms. The summed E-state index contributed by atoms with van der Waals surface area (Å²) in [5.74, 6) is 1.06. The number of piperidine rings is 1. The van der Waals surface area contributed by atoms with Crippen molar-refractivity contribution in [1.29, 1.82) is 0 Å². The number of hydrogen-bond acceptors (Lipinski definition) is 3. The van der Waals surface area contributed by atoms with E-state index in [-0.39, 0.29) is 5.92 Å². The van der Waals surface area contributed by atoms with Crippen LogP contribution >= 0.6 is 0 Å². The molecule has 1 aromatic heterocycles. The Morgan fingerprint density at radius 3 is 2.79 bits per heavy atom. The number of aliphatic imine (C=N–C) groups is 1. The number of aromatic nitrogens is 1. The average Bonchev–Trinajstić information content (AvgIpc) is 3.23. The standard InChI is InChI=1S/C23H25N4O/c1-17(19-11-8-12-20(15-19)18-9-4-2-5-10-18)21-16-22(28-26-21)25-23(24)27-13-6-3-7-14-27/h2,4-5,8-9,11-12,15-17H,3,6-7,13-14H2,1H3,(H2,24,25). The van der Waals surface area contributed by atoms with Gasteiger partial charge in [0.1, 0.15) is 0 Å². The average molecular weight is 373 g/mol. The van der Waals surface area contributed by atoms with Crippen molar-refractivity contribution in [2.45, 2.75) is 32.1 Å². The van der Waals surface area contributed by atoms with Gasteiger partial charge >= 0.3 is 0 Å². The van der Waals surface area contributed by atoms with Crippen LogP contribution in [0, 0.1) is 6.07 Å². The molecule has 5 heteroatoms. The summed E-state index contributed by atoms with van der Waals surface area (Å²) in [6.07, 6.45) is 3.57. The fourth-order valence-corrected chi connectivity index (χ4v) is 3.56. The lowest BCUT2D eigenvalue weighted by molar-refractivity contribution is 0.337. The summed E-state index contributed by atoms with van der Waals surface area (Å²) in [4.78, 5) is 6.54. The molecule has 28 heavy (non-hydrogen) atoms. The number of rotatable bonds is 4. The molecule has 143 valence electrons. The van der Waals surface area contributed by atoms with Crippen molar-refractivity contribution >= 4 is 11.8 Å². The first-order valence-electron chi connectivity index (χ1n) is 9.83. The van der Waals surface area contributed by atoms with E-state index in [1.165, 1.54) is 12.0 Å². The molecule has 1 atom stereocenters. The maximum absolute atomic E-state index is 6.15. The largest absolute Gasteiger partial charge is 0.369 e. The van der Waals surface area contributed by atoms with Crippen LogP contribution in [0.1, 0.15) is 43.4 Å². The van der Waals surface area contributed by atoms with E-state index in [9.17, 15) is 0 Å². The zero-order valence-corrected chi connectivity index (χ0v) is 16.1. The molecular weight excluding hydrogens is 348 g/mol. The van der Waals surface area contributed by atoms with E-state index < -0.39 is 0 Å². The second-order valence-electron chi connectivity index (χ2n) is 7.23. The lowest BCUT2D eigenvalue weighted by Crippen LogP contribution is -2.40. The number of nitrogens with two attached hydrogens (primary N) is 1. The van der Waals surface area contributed by atoms with Crippen LogP contribution in [-0.2, 0) is 0 Å². The predicted molar refractivity (Wildman–Crippen MR) is 111 cm³/mol. The van der Waals surface area contributed by atoms with Crippen molar-refractivity contribution in [2.24, 2.45) is 10.7 Å². The van der Waals surface area contributed by atoms with Gasteiger partial charge in [-0.15, -0.1) is 0 Å². The van der Waals surface area contributed by atoms with Gasteiger partial charge in [-0.25, -0.2) is 0 Å². The van der Waals surface area contributed by atoms with Crippen molar-refractivity contribution in [2.75, 3.05) is 13.1 Å². The first-order valence-corrected chi connectivity index (χ1v) is 9.83. The van der Waals surface area contributed by atoms with Gasteiger partial charge in [0, 0.05) is 25.1 Å². The molecule has 3 aromatic rings.